The molecule has 0 radical (unpaired) electrons. The van der Waals surface area contributed by atoms with Crippen LogP contribution in [0.2, 0.25) is 0 Å². The van der Waals surface area contributed by atoms with E-state index in [9.17, 15) is 0 Å². The number of fused-ring (bicyclic) bond motifs is 1. The lowest BCUT2D eigenvalue weighted by Crippen LogP contribution is -2.00. The third kappa shape index (κ3) is 2.55. The second kappa shape index (κ2) is 5.57. The number of hydrogen-bond donors (Lipinski definition) is 0. The van der Waals surface area contributed by atoms with E-state index in [1.807, 2.05) is 54.6 Å². The van der Waals surface area contributed by atoms with Gasteiger partial charge < -0.3 is 9.26 Å². The number of ether oxygens (including phenoxy) is 1. The fraction of sp³-hybridized carbons (Fsp3) is 0.118. The van der Waals surface area contributed by atoms with Crippen LogP contribution in [0, 0.1) is 0 Å². The lowest BCUT2D eigenvalue weighted by molar-refractivity contribution is 0.373. The zero-order valence-electron chi connectivity index (χ0n) is 12.5. The molecule has 114 valence electrons. The number of benzene rings is 2. The SMILES string of the molecule is COc1ccc(-c2cc(Cn3nnc4ccccc43)on2)cc1. The van der Waals surface area contributed by atoms with E-state index in [1.165, 1.54) is 0 Å². The highest BCUT2D eigenvalue weighted by Gasteiger charge is 2.10. The molecule has 0 fully saturated rings. The Morgan fingerprint density at radius 3 is 2.74 bits per heavy atom. The molecule has 2 aromatic heterocycles. The zero-order valence-corrected chi connectivity index (χ0v) is 12.5. The van der Waals surface area contributed by atoms with E-state index in [0.29, 0.717) is 6.54 Å². The van der Waals surface area contributed by atoms with Crippen molar-refractivity contribution in [1.29, 1.82) is 0 Å². The quantitative estimate of drug-likeness (QED) is 0.579. The molecule has 4 aromatic rings. The molecule has 6 heteroatoms. The number of methoxy groups -OCH3 is 1. The number of hydrogen-bond acceptors (Lipinski definition) is 5. The van der Waals surface area contributed by atoms with Gasteiger partial charge in [0.15, 0.2) is 5.76 Å². The molecule has 0 aliphatic rings. The fourth-order valence-corrected chi connectivity index (χ4v) is 2.47. The molecule has 0 saturated carbocycles. The minimum absolute atomic E-state index is 0.490. The van der Waals surface area contributed by atoms with Crippen LogP contribution in [-0.2, 0) is 6.54 Å². The standard InChI is InChI=1S/C17H14N4O2/c1-22-13-8-6-12(7-9-13)16-10-14(23-19-16)11-21-17-5-3-2-4-15(17)18-20-21/h2-10H,11H2,1H3. The predicted molar refractivity (Wildman–Crippen MR) is 85.1 cm³/mol. The Bertz CT molecular complexity index is 941. The molecule has 0 saturated heterocycles. The van der Waals surface area contributed by atoms with Gasteiger partial charge in [0, 0.05) is 11.6 Å². The minimum atomic E-state index is 0.490. The third-order valence-corrected chi connectivity index (χ3v) is 3.67. The number of para-hydroxylation sites is 1. The minimum Gasteiger partial charge on any atom is -0.497 e. The van der Waals surface area contributed by atoms with Crippen LogP contribution < -0.4 is 4.74 Å². The van der Waals surface area contributed by atoms with Crippen molar-refractivity contribution in [3.8, 4) is 17.0 Å². The summed E-state index contributed by atoms with van der Waals surface area (Å²) < 4.78 is 12.4. The summed E-state index contributed by atoms with van der Waals surface area (Å²) in [5.74, 6) is 1.54. The second-order valence-electron chi connectivity index (χ2n) is 5.14. The lowest BCUT2D eigenvalue weighted by atomic mass is 10.1. The van der Waals surface area contributed by atoms with Gasteiger partial charge in [-0.05, 0) is 36.4 Å². The Labute approximate surface area is 132 Å². The van der Waals surface area contributed by atoms with Crippen LogP contribution in [0.5, 0.6) is 5.75 Å². The summed E-state index contributed by atoms with van der Waals surface area (Å²) in [5, 5.41) is 12.4. The molecule has 0 aliphatic carbocycles. The van der Waals surface area contributed by atoms with E-state index in [0.717, 1.165) is 33.8 Å². The van der Waals surface area contributed by atoms with Crippen molar-refractivity contribution < 1.29 is 9.26 Å². The van der Waals surface area contributed by atoms with Crippen LogP contribution in [-0.4, -0.2) is 27.3 Å². The van der Waals surface area contributed by atoms with Crippen molar-refractivity contribution in [2.24, 2.45) is 0 Å². The number of aromatic nitrogens is 4. The lowest BCUT2D eigenvalue weighted by Gasteiger charge is -1.99. The summed E-state index contributed by atoms with van der Waals surface area (Å²) >= 11 is 0. The highest BCUT2D eigenvalue weighted by atomic mass is 16.5. The first-order valence-electron chi connectivity index (χ1n) is 7.22. The van der Waals surface area contributed by atoms with Gasteiger partial charge in [-0.1, -0.05) is 22.5 Å². The summed E-state index contributed by atoms with van der Waals surface area (Å²) in [6.45, 7) is 0.490. The van der Waals surface area contributed by atoms with Gasteiger partial charge in [0.1, 0.15) is 23.5 Å². The summed E-state index contributed by atoms with van der Waals surface area (Å²) in [6, 6.07) is 17.4. The van der Waals surface area contributed by atoms with Crippen LogP contribution in [0.1, 0.15) is 5.76 Å². The average molecular weight is 306 g/mol. The van der Waals surface area contributed by atoms with E-state index >= 15 is 0 Å². The largest absolute Gasteiger partial charge is 0.497 e. The second-order valence-corrected chi connectivity index (χ2v) is 5.14. The zero-order chi connectivity index (χ0) is 15.6. The summed E-state index contributed by atoms with van der Waals surface area (Å²) in [4.78, 5) is 0. The molecule has 0 atom stereocenters. The molecular formula is C17H14N4O2. The van der Waals surface area contributed by atoms with Crippen molar-refractivity contribution in [1.82, 2.24) is 20.2 Å². The Morgan fingerprint density at radius 1 is 1.09 bits per heavy atom. The van der Waals surface area contributed by atoms with Crippen LogP contribution in [0.3, 0.4) is 0 Å². The molecule has 2 aromatic carbocycles. The summed E-state index contributed by atoms with van der Waals surface area (Å²) in [5.41, 5.74) is 3.59. The van der Waals surface area contributed by atoms with Gasteiger partial charge in [0.25, 0.3) is 0 Å². The normalized spacial score (nSPS) is 11.0. The molecule has 4 rings (SSSR count). The van der Waals surface area contributed by atoms with Crippen molar-refractivity contribution in [2.45, 2.75) is 6.54 Å². The molecule has 0 N–H and O–H groups in total. The summed E-state index contributed by atoms with van der Waals surface area (Å²) in [6.07, 6.45) is 0. The number of rotatable bonds is 4. The third-order valence-electron chi connectivity index (χ3n) is 3.67. The highest BCUT2D eigenvalue weighted by Crippen LogP contribution is 2.22. The molecule has 2 heterocycles. The maximum atomic E-state index is 5.43. The van der Waals surface area contributed by atoms with Gasteiger partial charge in [0.05, 0.1) is 12.6 Å². The van der Waals surface area contributed by atoms with Crippen molar-refractivity contribution in [3.05, 3.63) is 60.4 Å². The molecule has 0 amide bonds. The van der Waals surface area contributed by atoms with Gasteiger partial charge >= 0.3 is 0 Å². The molecule has 0 unspecified atom stereocenters. The van der Waals surface area contributed by atoms with Gasteiger partial charge in [-0.2, -0.15) is 0 Å². The molecule has 23 heavy (non-hydrogen) atoms. The molecule has 0 aliphatic heterocycles. The van der Waals surface area contributed by atoms with Gasteiger partial charge in [-0.25, -0.2) is 4.68 Å². The van der Waals surface area contributed by atoms with Crippen molar-refractivity contribution in [3.63, 3.8) is 0 Å². The average Bonchev–Trinajstić information content (AvgIpc) is 3.23. The van der Waals surface area contributed by atoms with E-state index in [4.69, 9.17) is 9.26 Å². The molecule has 6 nitrogen and oxygen atoms in total. The Kier molecular flexibility index (Phi) is 3.27. The Hall–Kier alpha value is -3.15. The van der Waals surface area contributed by atoms with Crippen molar-refractivity contribution >= 4 is 11.0 Å². The number of nitrogens with zero attached hydrogens (tertiary/aromatic N) is 4. The summed E-state index contributed by atoms with van der Waals surface area (Å²) in [7, 11) is 1.64. The Morgan fingerprint density at radius 2 is 1.91 bits per heavy atom. The van der Waals surface area contributed by atoms with E-state index < -0.39 is 0 Å². The van der Waals surface area contributed by atoms with Crippen LogP contribution in [0.4, 0.5) is 0 Å². The van der Waals surface area contributed by atoms with Gasteiger partial charge in [-0.15, -0.1) is 5.10 Å². The maximum Gasteiger partial charge on any atom is 0.158 e. The van der Waals surface area contributed by atoms with Crippen LogP contribution >= 0.6 is 0 Å². The highest BCUT2D eigenvalue weighted by molar-refractivity contribution is 5.73. The van der Waals surface area contributed by atoms with Gasteiger partial charge in [-0.3, -0.25) is 0 Å². The molecule has 0 spiro atoms. The van der Waals surface area contributed by atoms with Gasteiger partial charge in [0.2, 0.25) is 0 Å². The van der Waals surface area contributed by atoms with E-state index in [1.54, 1.807) is 11.8 Å². The fourth-order valence-electron chi connectivity index (χ4n) is 2.47. The molecular weight excluding hydrogens is 292 g/mol. The topological polar surface area (TPSA) is 66.0 Å². The van der Waals surface area contributed by atoms with Crippen LogP contribution in [0.25, 0.3) is 22.3 Å². The van der Waals surface area contributed by atoms with Crippen molar-refractivity contribution in [2.75, 3.05) is 7.11 Å². The van der Waals surface area contributed by atoms with E-state index in [-0.39, 0.29) is 0 Å². The molecule has 0 bridgehead atoms. The maximum absolute atomic E-state index is 5.43. The van der Waals surface area contributed by atoms with E-state index in [2.05, 4.69) is 15.5 Å². The Balaban J connectivity index is 1.60. The first-order valence-corrected chi connectivity index (χ1v) is 7.22. The first-order chi connectivity index (χ1) is 11.3. The monoisotopic (exact) mass is 306 g/mol. The smallest absolute Gasteiger partial charge is 0.158 e. The first kappa shape index (κ1) is 13.5. The van der Waals surface area contributed by atoms with Crippen LogP contribution in [0.15, 0.2) is 59.1 Å². The predicted octanol–water partition coefficient (Wildman–Crippen LogP) is 3.14.